The summed E-state index contributed by atoms with van der Waals surface area (Å²) in [4.78, 5) is 27.5. The van der Waals surface area contributed by atoms with Crippen LogP contribution in [-0.4, -0.2) is 35.1 Å². The molecule has 2 N–H and O–H groups in total. The maximum atomic E-state index is 12.5. The van der Waals surface area contributed by atoms with Crippen molar-refractivity contribution >= 4 is 11.9 Å². The van der Waals surface area contributed by atoms with E-state index in [-0.39, 0.29) is 23.2 Å². The van der Waals surface area contributed by atoms with E-state index < -0.39 is 11.9 Å². The van der Waals surface area contributed by atoms with E-state index in [9.17, 15) is 9.59 Å². The molecule has 1 heterocycles. The summed E-state index contributed by atoms with van der Waals surface area (Å²) in [6, 6.07) is 10.2. The number of carboxylic acid groups (broad SMARTS) is 1. The molecule has 0 saturated carbocycles. The number of aromatic carboxylic acids is 1. The van der Waals surface area contributed by atoms with Crippen molar-refractivity contribution in [3.8, 4) is 5.75 Å². The molecular weight excluding hydrogens is 320 g/mol. The van der Waals surface area contributed by atoms with E-state index in [1.807, 2.05) is 38.1 Å². The van der Waals surface area contributed by atoms with Gasteiger partial charge in [0.25, 0.3) is 5.91 Å². The Labute approximate surface area is 146 Å². The number of rotatable bonds is 7. The lowest BCUT2D eigenvalue weighted by Crippen LogP contribution is -2.40. The topological polar surface area (TPSA) is 88.5 Å². The minimum Gasteiger partial charge on any atom is -0.496 e. The number of pyridine rings is 1. The Morgan fingerprint density at radius 2 is 1.96 bits per heavy atom. The number of benzene rings is 1. The number of methoxy groups -OCH3 is 1. The Balaban J connectivity index is 2.17. The van der Waals surface area contributed by atoms with Crippen LogP contribution < -0.4 is 10.1 Å². The Kier molecular flexibility index (Phi) is 6.11. The van der Waals surface area contributed by atoms with Crippen LogP contribution in [0.2, 0.25) is 0 Å². The average molecular weight is 342 g/mol. The van der Waals surface area contributed by atoms with E-state index >= 15 is 0 Å². The number of nitrogens with one attached hydrogen (secondary N) is 1. The van der Waals surface area contributed by atoms with Gasteiger partial charge in [0.05, 0.1) is 12.7 Å². The zero-order valence-corrected chi connectivity index (χ0v) is 14.5. The van der Waals surface area contributed by atoms with Crippen LogP contribution in [0.25, 0.3) is 0 Å². The van der Waals surface area contributed by atoms with E-state index in [0.717, 1.165) is 11.3 Å². The first kappa shape index (κ1) is 18.4. The molecule has 0 spiro atoms. The van der Waals surface area contributed by atoms with Crippen molar-refractivity contribution in [2.24, 2.45) is 5.92 Å². The molecule has 6 heteroatoms. The molecule has 6 nitrogen and oxygen atoms in total. The fourth-order valence-corrected chi connectivity index (χ4v) is 2.49. The second-order valence-corrected chi connectivity index (χ2v) is 6.07. The molecule has 2 rings (SSSR count). The van der Waals surface area contributed by atoms with Crippen LogP contribution in [0.15, 0.2) is 42.6 Å². The number of nitrogens with zero attached hydrogens (tertiary/aromatic N) is 1. The molecule has 0 aliphatic rings. The lowest BCUT2D eigenvalue weighted by molar-refractivity contribution is 0.0696. The summed E-state index contributed by atoms with van der Waals surface area (Å²) in [5.41, 5.74) is 1.12. The molecule has 0 aliphatic heterocycles. The van der Waals surface area contributed by atoms with Crippen LogP contribution in [0.4, 0.5) is 0 Å². The summed E-state index contributed by atoms with van der Waals surface area (Å²) in [7, 11) is 1.61. The summed E-state index contributed by atoms with van der Waals surface area (Å²) in [5, 5.41) is 12.0. The second kappa shape index (κ2) is 8.28. The predicted molar refractivity (Wildman–Crippen MR) is 94.0 cm³/mol. The number of ether oxygens (including phenoxy) is 1. The molecule has 0 saturated heterocycles. The molecule has 0 bridgehead atoms. The molecule has 1 unspecified atom stereocenters. The van der Waals surface area contributed by atoms with Gasteiger partial charge in [-0.2, -0.15) is 0 Å². The SMILES string of the molecule is COc1ccccc1CC(NC(=O)c1cc(C(=O)O)ccn1)C(C)C. The van der Waals surface area contributed by atoms with Crippen molar-refractivity contribution in [2.45, 2.75) is 26.3 Å². The van der Waals surface area contributed by atoms with Crippen LogP contribution >= 0.6 is 0 Å². The number of carbonyl (C=O) groups is 2. The van der Waals surface area contributed by atoms with E-state index in [1.54, 1.807) is 7.11 Å². The summed E-state index contributed by atoms with van der Waals surface area (Å²) < 4.78 is 5.37. The first-order valence-electron chi connectivity index (χ1n) is 8.04. The van der Waals surface area contributed by atoms with Crippen molar-refractivity contribution in [1.29, 1.82) is 0 Å². The van der Waals surface area contributed by atoms with Gasteiger partial charge in [-0.05, 0) is 36.1 Å². The monoisotopic (exact) mass is 342 g/mol. The van der Waals surface area contributed by atoms with E-state index in [1.165, 1.54) is 18.3 Å². The van der Waals surface area contributed by atoms with Gasteiger partial charge in [0.15, 0.2) is 0 Å². The van der Waals surface area contributed by atoms with Crippen LogP contribution in [-0.2, 0) is 6.42 Å². The Morgan fingerprint density at radius 3 is 2.60 bits per heavy atom. The number of carbonyl (C=O) groups excluding carboxylic acids is 1. The standard InChI is InChI=1S/C19H22N2O4/c1-12(2)15(10-13-6-4-5-7-17(13)25-3)21-18(22)16-11-14(19(23)24)8-9-20-16/h4-9,11-12,15H,10H2,1-3H3,(H,21,22)(H,23,24). The molecule has 132 valence electrons. The Morgan fingerprint density at radius 1 is 1.24 bits per heavy atom. The highest BCUT2D eigenvalue weighted by Crippen LogP contribution is 2.21. The third-order valence-corrected chi connectivity index (χ3v) is 3.99. The van der Waals surface area contributed by atoms with Crippen molar-refractivity contribution in [2.75, 3.05) is 7.11 Å². The minimum atomic E-state index is -1.09. The van der Waals surface area contributed by atoms with Crippen molar-refractivity contribution in [3.63, 3.8) is 0 Å². The number of amides is 1. The molecule has 1 atom stereocenters. The maximum absolute atomic E-state index is 12.5. The second-order valence-electron chi connectivity index (χ2n) is 6.07. The number of hydrogen-bond donors (Lipinski definition) is 2. The molecule has 1 amide bonds. The molecule has 2 aromatic rings. The fraction of sp³-hybridized carbons (Fsp3) is 0.316. The molecular formula is C19H22N2O4. The number of hydrogen-bond acceptors (Lipinski definition) is 4. The minimum absolute atomic E-state index is 0.0333. The third kappa shape index (κ3) is 4.79. The lowest BCUT2D eigenvalue weighted by Gasteiger charge is -2.23. The van der Waals surface area contributed by atoms with Gasteiger partial charge in [0.1, 0.15) is 11.4 Å². The first-order chi connectivity index (χ1) is 11.9. The molecule has 0 fully saturated rings. The van der Waals surface area contributed by atoms with Crippen LogP contribution in [0.3, 0.4) is 0 Å². The van der Waals surface area contributed by atoms with Gasteiger partial charge in [0, 0.05) is 12.2 Å². The van der Waals surface area contributed by atoms with Gasteiger partial charge in [0.2, 0.25) is 0 Å². The zero-order valence-electron chi connectivity index (χ0n) is 14.5. The molecule has 1 aromatic heterocycles. The van der Waals surface area contributed by atoms with E-state index in [2.05, 4.69) is 10.3 Å². The highest BCUT2D eigenvalue weighted by atomic mass is 16.5. The van der Waals surface area contributed by atoms with E-state index in [4.69, 9.17) is 9.84 Å². The highest BCUT2D eigenvalue weighted by Gasteiger charge is 2.20. The number of para-hydroxylation sites is 1. The Bertz CT molecular complexity index is 759. The normalized spacial score (nSPS) is 11.8. The number of carboxylic acids is 1. The average Bonchev–Trinajstić information content (AvgIpc) is 2.61. The zero-order chi connectivity index (χ0) is 18.4. The molecule has 0 aliphatic carbocycles. The number of aromatic nitrogens is 1. The quantitative estimate of drug-likeness (QED) is 0.808. The van der Waals surface area contributed by atoms with Gasteiger partial charge in [-0.25, -0.2) is 4.79 Å². The van der Waals surface area contributed by atoms with Crippen LogP contribution in [0, 0.1) is 5.92 Å². The smallest absolute Gasteiger partial charge is 0.335 e. The fourth-order valence-electron chi connectivity index (χ4n) is 2.49. The molecule has 1 aromatic carbocycles. The van der Waals surface area contributed by atoms with Gasteiger partial charge in [-0.3, -0.25) is 9.78 Å². The van der Waals surface area contributed by atoms with Crippen LogP contribution in [0.5, 0.6) is 5.75 Å². The summed E-state index contributed by atoms with van der Waals surface area (Å²) in [6.07, 6.45) is 1.93. The van der Waals surface area contributed by atoms with Crippen LogP contribution in [0.1, 0.15) is 40.3 Å². The van der Waals surface area contributed by atoms with Gasteiger partial charge >= 0.3 is 5.97 Å². The third-order valence-electron chi connectivity index (χ3n) is 3.99. The summed E-state index contributed by atoms with van der Waals surface area (Å²) in [5.74, 6) is -0.535. The molecule has 25 heavy (non-hydrogen) atoms. The van der Waals surface area contributed by atoms with Crippen molar-refractivity contribution < 1.29 is 19.4 Å². The van der Waals surface area contributed by atoms with Crippen molar-refractivity contribution in [3.05, 3.63) is 59.4 Å². The Hall–Kier alpha value is -2.89. The largest absolute Gasteiger partial charge is 0.496 e. The highest BCUT2D eigenvalue weighted by molar-refractivity contribution is 5.95. The maximum Gasteiger partial charge on any atom is 0.335 e. The van der Waals surface area contributed by atoms with Gasteiger partial charge < -0.3 is 15.2 Å². The van der Waals surface area contributed by atoms with E-state index in [0.29, 0.717) is 6.42 Å². The molecule has 0 radical (unpaired) electrons. The summed E-state index contributed by atoms with van der Waals surface area (Å²) in [6.45, 7) is 4.03. The lowest BCUT2D eigenvalue weighted by atomic mass is 9.95. The van der Waals surface area contributed by atoms with Gasteiger partial charge in [-0.1, -0.05) is 32.0 Å². The summed E-state index contributed by atoms with van der Waals surface area (Å²) >= 11 is 0. The first-order valence-corrected chi connectivity index (χ1v) is 8.04. The van der Waals surface area contributed by atoms with Gasteiger partial charge in [-0.15, -0.1) is 0 Å². The van der Waals surface area contributed by atoms with Crippen molar-refractivity contribution in [1.82, 2.24) is 10.3 Å². The predicted octanol–water partition coefficient (Wildman–Crippen LogP) is 2.79.